The fraction of sp³-hybridized carbons (Fsp3) is 0.100. The van der Waals surface area contributed by atoms with E-state index in [2.05, 4.69) is 25.9 Å². The van der Waals surface area contributed by atoms with E-state index in [1.54, 1.807) is 0 Å². The van der Waals surface area contributed by atoms with E-state index < -0.39 is 108 Å². The minimum atomic E-state index is -4.94. The Kier molecular flexibility index (Phi) is 19.8. The molecule has 32 heteroatoms. The number of nitro benzene ring substituents is 2. The van der Waals surface area contributed by atoms with Crippen LogP contribution in [0.2, 0.25) is 30.1 Å². The molecular weight excluding hydrogens is 1210 g/mol. The minimum absolute atomic E-state index is 0.00265. The molecule has 0 atom stereocenters. The number of hydrogen-bond donors (Lipinski definition) is 1. The summed E-state index contributed by atoms with van der Waals surface area (Å²) in [5.74, 6) is -1.13. The molecular formula is C40H23BrCl6F6N6O11S2. The zero-order valence-electron chi connectivity index (χ0n) is 35.0. The van der Waals surface area contributed by atoms with Crippen LogP contribution < -0.4 is 9.03 Å². The van der Waals surface area contributed by atoms with Gasteiger partial charge in [-0.05, 0) is 76.6 Å². The molecule has 1 N–H and O–H groups in total. The van der Waals surface area contributed by atoms with Crippen LogP contribution in [0.1, 0.15) is 37.5 Å². The van der Waals surface area contributed by atoms with E-state index >= 15 is 0 Å². The lowest BCUT2D eigenvalue weighted by atomic mass is 10.0. The fourth-order valence-electron chi connectivity index (χ4n) is 5.58. The number of alkyl halides is 6. The van der Waals surface area contributed by atoms with Gasteiger partial charge in [0, 0.05) is 31.6 Å². The van der Waals surface area contributed by atoms with Crippen LogP contribution in [0.3, 0.4) is 0 Å². The first-order valence-corrected chi connectivity index (χ1v) is 24.5. The number of anilines is 2. The van der Waals surface area contributed by atoms with E-state index in [0.717, 1.165) is 46.9 Å². The van der Waals surface area contributed by atoms with Crippen molar-refractivity contribution in [3.8, 4) is 0 Å². The van der Waals surface area contributed by atoms with E-state index in [0.29, 0.717) is 18.4 Å². The van der Waals surface area contributed by atoms with Crippen molar-refractivity contribution >= 4 is 140 Å². The molecule has 0 radical (unpaired) electrons. The number of carbonyl (C=O) groups is 2. The summed E-state index contributed by atoms with van der Waals surface area (Å²) in [4.78, 5) is 49.8. The fourth-order valence-corrected chi connectivity index (χ4v) is 9.85. The van der Waals surface area contributed by atoms with Gasteiger partial charge < -0.3 is 4.74 Å². The minimum Gasteiger partial charge on any atom is -0.363 e. The number of nitro groups is 2. The molecule has 0 aliphatic heterocycles. The molecule has 0 bridgehead atoms. The Bertz CT molecular complexity index is 3330. The Labute approximate surface area is 440 Å². The maximum absolute atomic E-state index is 13.2. The first-order chi connectivity index (χ1) is 33.4. The quantitative estimate of drug-likeness (QED) is 0.0215. The summed E-state index contributed by atoms with van der Waals surface area (Å²) in [7, 11) is -7.93. The summed E-state index contributed by atoms with van der Waals surface area (Å²) in [6.45, 7) is -0.479. The van der Waals surface area contributed by atoms with Crippen molar-refractivity contribution in [3.05, 3.63) is 180 Å². The van der Waals surface area contributed by atoms with Crippen LogP contribution in [0.4, 0.5) is 49.1 Å². The molecule has 0 saturated heterocycles. The van der Waals surface area contributed by atoms with Crippen LogP contribution in [0.5, 0.6) is 0 Å². The number of rotatable bonds is 13. The lowest BCUT2D eigenvalue weighted by Crippen LogP contribution is -2.33. The highest BCUT2D eigenvalue weighted by Gasteiger charge is 2.37. The number of aldehydes is 1. The van der Waals surface area contributed by atoms with Crippen LogP contribution in [0, 0.1) is 20.2 Å². The highest BCUT2D eigenvalue weighted by atomic mass is 79.9. The van der Waals surface area contributed by atoms with E-state index in [9.17, 15) is 73.0 Å². The lowest BCUT2D eigenvalue weighted by molar-refractivity contribution is -0.385. The number of carbonyl (C=O) groups excluding carboxylic acids is 2. The number of pyridine rings is 2. The van der Waals surface area contributed by atoms with Gasteiger partial charge in [0.2, 0.25) is 5.78 Å². The molecule has 4 aromatic carbocycles. The van der Waals surface area contributed by atoms with E-state index in [1.807, 2.05) is 4.72 Å². The van der Waals surface area contributed by atoms with Gasteiger partial charge in [-0.2, -0.15) is 26.3 Å². The van der Waals surface area contributed by atoms with E-state index in [1.165, 1.54) is 49.7 Å². The van der Waals surface area contributed by atoms with E-state index in [4.69, 9.17) is 74.3 Å². The Hall–Kier alpha value is -5.42. The van der Waals surface area contributed by atoms with Gasteiger partial charge in [-0.3, -0.25) is 34.5 Å². The van der Waals surface area contributed by atoms with Crippen molar-refractivity contribution in [2.75, 3.05) is 22.9 Å². The number of ether oxygens (including phenoxy) is 1. The maximum Gasteiger partial charge on any atom is 0.417 e. The highest BCUT2D eigenvalue weighted by molar-refractivity contribution is 9.10. The number of aromatic nitrogens is 2. The van der Waals surface area contributed by atoms with Crippen LogP contribution >= 0.6 is 85.5 Å². The molecule has 0 amide bonds. The Morgan fingerprint density at radius 2 is 1.24 bits per heavy atom. The molecule has 2 aromatic heterocycles. The van der Waals surface area contributed by atoms with Crippen molar-refractivity contribution in [1.82, 2.24) is 9.97 Å². The topological polar surface area (TPSA) is 239 Å². The number of benzene rings is 4. The number of ketones is 1. The highest BCUT2D eigenvalue weighted by Crippen LogP contribution is 2.40. The maximum atomic E-state index is 13.2. The van der Waals surface area contributed by atoms with Crippen molar-refractivity contribution in [2.24, 2.45) is 0 Å². The predicted octanol–water partition coefficient (Wildman–Crippen LogP) is 13.0. The average molecular weight is 1230 g/mol. The molecule has 0 fully saturated rings. The lowest BCUT2D eigenvalue weighted by Gasteiger charge is -2.24. The zero-order valence-corrected chi connectivity index (χ0v) is 42.7. The molecule has 6 rings (SSSR count). The second-order valence-corrected chi connectivity index (χ2v) is 20.2. The van der Waals surface area contributed by atoms with Crippen LogP contribution in [0.15, 0.2) is 112 Å². The van der Waals surface area contributed by atoms with Crippen molar-refractivity contribution in [1.29, 1.82) is 0 Å². The van der Waals surface area contributed by atoms with Gasteiger partial charge in [0.25, 0.3) is 31.4 Å². The molecule has 72 heavy (non-hydrogen) atoms. The summed E-state index contributed by atoms with van der Waals surface area (Å²) in [5, 5.41) is 20.1. The molecule has 17 nitrogen and oxygen atoms in total. The predicted molar refractivity (Wildman–Crippen MR) is 256 cm³/mol. The number of nitrogens with zero attached hydrogens (tertiary/aromatic N) is 5. The smallest absolute Gasteiger partial charge is 0.363 e. The Morgan fingerprint density at radius 3 is 1.75 bits per heavy atom. The summed E-state index contributed by atoms with van der Waals surface area (Å²) < 4.78 is 138. The third-order valence-corrected chi connectivity index (χ3v) is 14.2. The first kappa shape index (κ1) is 59.1. The van der Waals surface area contributed by atoms with Crippen molar-refractivity contribution < 1.29 is 67.4 Å². The second kappa shape index (κ2) is 24.1. The van der Waals surface area contributed by atoms with Gasteiger partial charge in [0.1, 0.15) is 28.2 Å². The largest absolute Gasteiger partial charge is 0.417 e. The SMILES string of the molecule is COCN(c1cc(Cl)cnc1Br)S(=O)(=O)c1ccc(Cl)c(C(F)(F)F)c1.O=C(c1ncc(Cl)cc1NS(=O)(=O)c1ccc(Cl)c(C(F)(F)F)c1)c1c(Cl)cccc1[N+](=O)[O-].O=Cc1c(Cl)cccc1[N+](=O)[O-]. The number of hydrogen-bond acceptors (Lipinski definition) is 13. The Balaban J connectivity index is 0.000000260. The van der Waals surface area contributed by atoms with Crippen LogP contribution in [0.25, 0.3) is 0 Å². The Morgan fingerprint density at radius 1 is 0.736 bits per heavy atom. The average Bonchev–Trinajstić information content (AvgIpc) is 3.28. The number of sulfonamides is 2. The second-order valence-electron chi connectivity index (χ2n) is 13.4. The third-order valence-electron chi connectivity index (χ3n) is 8.76. The molecule has 0 aliphatic rings. The summed E-state index contributed by atoms with van der Waals surface area (Å²) in [6.07, 6.45) is -7.13. The molecule has 0 unspecified atom stereocenters. The number of methoxy groups -OCH3 is 1. The van der Waals surface area contributed by atoms with Gasteiger partial charge in [0.05, 0.1) is 72.3 Å². The van der Waals surface area contributed by atoms with Gasteiger partial charge in [-0.15, -0.1) is 0 Å². The summed E-state index contributed by atoms with van der Waals surface area (Å²) in [6, 6.07) is 13.9. The van der Waals surface area contributed by atoms with Crippen molar-refractivity contribution in [3.63, 3.8) is 0 Å². The molecule has 0 saturated carbocycles. The zero-order chi connectivity index (χ0) is 54.3. The first-order valence-electron chi connectivity index (χ1n) is 18.5. The van der Waals surface area contributed by atoms with Gasteiger partial charge in [0.15, 0.2) is 6.29 Å². The number of halogens is 13. The van der Waals surface area contributed by atoms with Crippen LogP contribution in [-0.2, 0) is 37.1 Å². The van der Waals surface area contributed by atoms with Gasteiger partial charge in [-0.25, -0.2) is 31.1 Å². The number of nitrogens with one attached hydrogen (secondary N) is 1. The molecule has 0 aliphatic carbocycles. The van der Waals surface area contributed by atoms with Crippen LogP contribution in [-0.4, -0.2) is 62.6 Å². The molecule has 0 spiro atoms. The van der Waals surface area contributed by atoms with Crippen molar-refractivity contribution in [2.45, 2.75) is 22.1 Å². The van der Waals surface area contributed by atoms with E-state index in [-0.39, 0.29) is 41.6 Å². The van der Waals surface area contributed by atoms with Gasteiger partial charge in [-0.1, -0.05) is 81.7 Å². The summed E-state index contributed by atoms with van der Waals surface area (Å²) in [5.41, 5.74) is -5.43. The molecule has 2 heterocycles. The van der Waals surface area contributed by atoms with Gasteiger partial charge >= 0.3 is 12.4 Å². The standard InChI is InChI=1S/C19H9Cl3F3N3O5S.C14H10BrCl2F3N2O3S.C7H4ClNO3/c20-9-6-14(27-34(32,33)10-4-5-12(21)11(7-10)19(23,24)25)17(26-8-9)18(29)16-13(22)2-1-3-15(16)28(30)31;1-25-7-22(12-4-8(16)6-21-13(12)15)26(23,24)9-2-3-11(17)10(5-9)14(18,19)20;8-6-2-1-3-7(9(11)12)5(6)4-10/h1-8,27H;2-6H,7H2,1H3;1-4H. The normalized spacial score (nSPS) is 11.6. The molecule has 6 aromatic rings. The summed E-state index contributed by atoms with van der Waals surface area (Å²) >= 11 is 37.4. The third kappa shape index (κ3) is 14.4. The monoisotopic (exact) mass is 1230 g/mol. The molecule has 382 valence electrons.